The van der Waals surface area contributed by atoms with Crippen LogP contribution < -0.4 is 0 Å². The van der Waals surface area contributed by atoms with E-state index in [4.69, 9.17) is 4.98 Å². The molecule has 0 saturated heterocycles. The van der Waals surface area contributed by atoms with Crippen LogP contribution >= 0.6 is 0 Å². The van der Waals surface area contributed by atoms with Gasteiger partial charge in [-0.2, -0.15) is 0 Å². The zero-order chi connectivity index (χ0) is 16.7. The Morgan fingerprint density at radius 2 is 1.75 bits per heavy atom. The van der Waals surface area contributed by atoms with E-state index >= 15 is 0 Å². The molecule has 0 bridgehead atoms. The molecule has 0 radical (unpaired) electrons. The molecule has 0 atom stereocenters. The molecular weight excluding hydrogens is 300 g/mol. The fraction of sp³-hybridized carbons (Fsp3) is 0.211. The average Bonchev–Trinajstić information content (AvgIpc) is 2.97. The van der Waals surface area contributed by atoms with Crippen molar-refractivity contribution in [2.45, 2.75) is 13.8 Å². The Labute approximate surface area is 139 Å². The molecule has 5 heteroatoms. The number of fused-ring (bicyclic) bond motifs is 4. The molecule has 2 heterocycles. The number of benzene rings is 2. The first-order valence-corrected chi connectivity index (χ1v) is 8.18. The maximum absolute atomic E-state index is 12.6. The van der Waals surface area contributed by atoms with Crippen molar-refractivity contribution in [2.75, 3.05) is 13.1 Å². The zero-order valence-electron chi connectivity index (χ0n) is 13.7. The summed E-state index contributed by atoms with van der Waals surface area (Å²) in [6, 6.07) is 13.5. The van der Waals surface area contributed by atoms with Crippen molar-refractivity contribution >= 4 is 39.0 Å². The molecule has 0 aliphatic carbocycles. The van der Waals surface area contributed by atoms with Crippen LogP contribution in [0.25, 0.3) is 33.1 Å². The molecule has 2 aromatic heterocycles. The van der Waals surface area contributed by atoms with E-state index in [0.29, 0.717) is 18.7 Å². The van der Waals surface area contributed by atoms with Gasteiger partial charge in [-0.05, 0) is 44.2 Å². The van der Waals surface area contributed by atoms with Crippen LogP contribution in [0.1, 0.15) is 24.2 Å². The van der Waals surface area contributed by atoms with Crippen molar-refractivity contribution in [1.29, 1.82) is 0 Å². The molecule has 0 spiro atoms. The number of carbonyl (C=O) groups excluding carboxylic acids is 1. The van der Waals surface area contributed by atoms with Crippen LogP contribution in [0.3, 0.4) is 0 Å². The van der Waals surface area contributed by atoms with E-state index in [1.165, 1.54) is 0 Å². The van der Waals surface area contributed by atoms with E-state index in [9.17, 15) is 4.79 Å². The van der Waals surface area contributed by atoms with Gasteiger partial charge in [0.2, 0.25) is 0 Å². The fourth-order valence-electron chi connectivity index (χ4n) is 3.08. The number of aromatic amines is 1. The van der Waals surface area contributed by atoms with Crippen LogP contribution in [-0.2, 0) is 0 Å². The van der Waals surface area contributed by atoms with Crippen LogP contribution in [0.4, 0.5) is 0 Å². The summed E-state index contributed by atoms with van der Waals surface area (Å²) in [5.74, 6) is 0.0463. The SMILES string of the molecule is CCN(CC)C(=O)c1ccc2[nH]c3nc4ccccc4nc3c2c1. The van der Waals surface area contributed by atoms with Crippen molar-refractivity contribution in [3.8, 4) is 0 Å². The Bertz CT molecular complexity index is 1060. The number of nitrogens with zero attached hydrogens (tertiary/aromatic N) is 3. The summed E-state index contributed by atoms with van der Waals surface area (Å²) in [5.41, 5.74) is 4.88. The van der Waals surface area contributed by atoms with Gasteiger partial charge in [0.1, 0.15) is 5.52 Å². The molecule has 0 aliphatic rings. The van der Waals surface area contributed by atoms with E-state index in [1.54, 1.807) is 0 Å². The van der Waals surface area contributed by atoms with Crippen molar-refractivity contribution in [3.05, 3.63) is 48.0 Å². The van der Waals surface area contributed by atoms with E-state index in [0.717, 1.165) is 33.1 Å². The van der Waals surface area contributed by atoms with Gasteiger partial charge in [-0.15, -0.1) is 0 Å². The monoisotopic (exact) mass is 318 g/mol. The Hall–Kier alpha value is -2.95. The van der Waals surface area contributed by atoms with Crippen LogP contribution in [0.5, 0.6) is 0 Å². The lowest BCUT2D eigenvalue weighted by Gasteiger charge is -2.18. The van der Waals surface area contributed by atoms with Gasteiger partial charge in [0, 0.05) is 29.6 Å². The summed E-state index contributed by atoms with van der Waals surface area (Å²) >= 11 is 0. The third-order valence-electron chi connectivity index (χ3n) is 4.40. The molecule has 1 amide bonds. The van der Waals surface area contributed by atoms with Gasteiger partial charge in [0.15, 0.2) is 5.65 Å². The molecular formula is C19H18N4O. The van der Waals surface area contributed by atoms with Crippen molar-refractivity contribution in [1.82, 2.24) is 19.9 Å². The normalized spacial score (nSPS) is 11.4. The third kappa shape index (κ3) is 2.21. The number of hydrogen-bond donors (Lipinski definition) is 1. The lowest BCUT2D eigenvalue weighted by molar-refractivity contribution is 0.0773. The molecule has 0 saturated carbocycles. The highest BCUT2D eigenvalue weighted by molar-refractivity contribution is 6.08. The lowest BCUT2D eigenvalue weighted by atomic mass is 10.1. The Balaban J connectivity index is 1.93. The van der Waals surface area contributed by atoms with E-state index < -0.39 is 0 Å². The zero-order valence-corrected chi connectivity index (χ0v) is 13.7. The van der Waals surface area contributed by atoms with Crippen LogP contribution in [0, 0.1) is 0 Å². The first kappa shape index (κ1) is 14.6. The minimum absolute atomic E-state index is 0.0463. The maximum atomic E-state index is 12.6. The van der Waals surface area contributed by atoms with Gasteiger partial charge in [0.05, 0.1) is 11.0 Å². The highest BCUT2D eigenvalue weighted by Crippen LogP contribution is 2.26. The number of hydrogen-bond acceptors (Lipinski definition) is 3. The minimum atomic E-state index is 0.0463. The topological polar surface area (TPSA) is 61.9 Å². The van der Waals surface area contributed by atoms with E-state index in [2.05, 4.69) is 9.97 Å². The van der Waals surface area contributed by atoms with Crippen LogP contribution in [-0.4, -0.2) is 38.8 Å². The summed E-state index contributed by atoms with van der Waals surface area (Å²) < 4.78 is 0. The first-order valence-electron chi connectivity index (χ1n) is 8.18. The molecule has 24 heavy (non-hydrogen) atoms. The van der Waals surface area contributed by atoms with Gasteiger partial charge in [-0.3, -0.25) is 4.79 Å². The number of rotatable bonds is 3. The predicted molar refractivity (Wildman–Crippen MR) is 96.2 cm³/mol. The van der Waals surface area contributed by atoms with Crippen molar-refractivity contribution in [3.63, 3.8) is 0 Å². The molecule has 2 aromatic carbocycles. The number of carbonyl (C=O) groups is 1. The van der Waals surface area contributed by atoms with Gasteiger partial charge >= 0.3 is 0 Å². The van der Waals surface area contributed by atoms with Gasteiger partial charge < -0.3 is 9.88 Å². The van der Waals surface area contributed by atoms with E-state index in [-0.39, 0.29) is 5.91 Å². The molecule has 0 aliphatic heterocycles. The molecule has 5 nitrogen and oxygen atoms in total. The second-order valence-electron chi connectivity index (χ2n) is 5.77. The number of H-pyrrole nitrogens is 1. The second kappa shape index (κ2) is 5.60. The molecule has 4 aromatic rings. The summed E-state index contributed by atoms with van der Waals surface area (Å²) in [6.45, 7) is 5.38. The molecule has 0 fully saturated rings. The first-order chi connectivity index (χ1) is 11.7. The highest BCUT2D eigenvalue weighted by Gasteiger charge is 2.15. The smallest absolute Gasteiger partial charge is 0.253 e. The average molecular weight is 318 g/mol. The Morgan fingerprint density at radius 1 is 1.04 bits per heavy atom. The molecule has 1 N–H and O–H groups in total. The van der Waals surface area contributed by atoms with E-state index in [1.807, 2.05) is 61.2 Å². The second-order valence-corrected chi connectivity index (χ2v) is 5.77. The summed E-state index contributed by atoms with van der Waals surface area (Å²) in [5, 5.41) is 0.932. The van der Waals surface area contributed by atoms with Crippen molar-refractivity contribution in [2.24, 2.45) is 0 Å². The molecule has 0 unspecified atom stereocenters. The lowest BCUT2D eigenvalue weighted by Crippen LogP contribution is -2.30. The largest absolute Gasteiger partial charge is 0.339 e. The number of para-hydroxylation sites is 2. The fourth-order valence-corrected chi connectivity index (χ4v) is 3.08. The van der Waals surface area contributed by atoms with Crippen LogP contribution in [0.15, 0.2) is 42.5 Å². The summed E-state index contributed by atoms with van der Waals surface area (Å²) in [4.78, 5) is 27.1. The van der Waals surface area contributed by atoms with Gasteiger partial charge in [-0.25, -0.2) is 9.97 Å². The third-order valence-corrected chi connectivity index (χ3v) is 4.40. The minimum Gasteiger partial charge on any atom is -0.339 e. The molecule has 4 rings (SSSR count). The molecule has 120 valence electrons. The number of aromatic nitrogens is 3. The van der Waals surface area contributed by atoms with Gasteiger partial charge in [-0.1, -0.05) is 12.1 Å². The van der Waals surface area contributed by atoms with Gasteiger partial charge in [0.25, 0.3) is 5.91 Å². The number of amides is 1. The number of nitrogens with one attached hydrogen (secondary N) is 1. The Kier molecular flexibility index (Phi) is 3.41. The summed E-state index contributed by atoms with van der Waals surface area (Å²) in [6.07, 6.45) is 0. The summed E-state index contributed by atoms with van der Waals surface area (Å²) in [7, 11) is 0. The maximum Gasteiger partial charge on any atom is 0.253 e. The quantitative estimate of drug-likeness (QED) is 0.626. The predicted octanol–water partition coefficient (Wildman–Crippen LogP) is 3.75. The Morgan fingerprint density at radius 3 is 2.46 bits per heavy atom. The van der Waals surface area contributed by atoms with Crippen molar-refractivity contribution < 1.29 is 4.79 Å². The highest BCUT2D eigenvalue weighted by atomic mass is 16.2. The standard InChI is InChI=1S/C19H18N4O/c1-3-23(4-2)19(24)12-9-10-14-13(11-12)17-18(21-14)22-16-8-6-5-7-15(16)20-17/h5-11H,3-4H2,1-2H3,(H,21,22). The van der Waals surface area contributed by atoms with Crippen LogP contribution in [0.2, 0.25) is 0 Å².